The highest BCUT2D eigenvalue weighted by Crippen LogP contribution is 2.30. The number of aliphatic hydroxyl groups is 1. The molecular weight excluding hydrogens is 248 g/mol. The standard InChI is InChI=1S/C17H22N2O/c1-19(13-17(20)9-2-3-10-17)12-15-7-4-6-14-8-5-11-18-16(14)15/h4-8,11,20H,2-3,9-10,12-13H2,1H3. The summed E-state index contributed by atoms with van der Waals surface area (Å²) in [6, 6.07) is 10.4. The predicted octanol–water partition coefficient (Wildman–Crippen LogP) is 2.97. The van der Waals surface area contributed by atoms with Crippen molar-refractivity contribution in [3.63, 3.8) is 0 Å². The van der Waals surface area contributed by atoms with E-state index in [1.807, 2.05) is 12.3 Å². The third-order valence-corrected chi connectivity index (χ3v) is 4.26. The van der Waals surface area contributed by atoms with E-state index in [9.17, 15) is 5.11 Å². The van der Waals surface area contributed by atoms with E-state index in [4.69, 9.17) is 0 Å². The molecule has 0 radical (unpaired) electrons. The Hall–Kier alpha value is -1.45. The summed E-state index contributed by atoms with van der Waals surface area (Å²) in [7, 11) is 2.08. The van der Waals surface area contributed by atoms with Crippen LogP contribution in [0.3, 0.4) is 0 Å². The maximum absolute atomic E-state index is 10.5. The Bertz CT molecular complexity index is 585. The van der Waals surface area contributed by atoms with E-state index >= 15 is 0 Å². The third kappa shape index (κ3) is 2.84. The van der Waals surface area contributed by atoms with Crippen molar-refractivity contribution in [2.24, 2.45) is 0 Å². The Morgan fingerprint density at radius 3 is 2.75 bits per heavy atom. The van der Waals surface area contributed by atoms with Gasteiger partial charge in [-0.05, 0) is 31.5 Å². The zero-order valence-electron chi connectivity index (χ0n) is 12.0. The maximum atomic E-state index is 10.5. The lowest BCUT2D eigenvalue weighted by molar-refractivity contribution is 0.0146. The van der Waals surface area contributed by atoms with Crippen LogP contribution in [0.25, 0.3) is 10.9 Å². The molecule has 1 fully saturated rings. The van der Waals surface area contributed by atoms with Crippen molar-refractivity contribution < 1.29 is 5.11 Å². The quantitative estimate of drug-likeness (QED) is 0.928. The Kier molecular flexibility index (Phi) is 3.72. The lowest BCUT2D eigenvalue weighted by Gasteiger charge is -2.28. The van der Waals surface area contributed by atoms with Crippen LogP contribution in [-0.2, 0) is 6.54 Å². The van der Waals surface area contributed by atoms with Crippen LogP contribution in [0, 0.1) is 0 Å². The maximum Gasteiger partial charge on any atom is 0.0774 e. The fourth-order valence-electron chi connectivity index (χ4n) is 3.34. The molecule has 1 aliphatic rings. The van der Waals surface area contributed by atoms with Gasteiger partial charge in [-0.2, -0.15) is 0 Å². The molecule has 1 aromatic heterocycles. The van der Waals surface area contributed by atoms with Crippen molar-refractivity contribution in [1.82, 2.24) is 9.88 Å². The van der Waals surface area contributed by atoms with Crippen molar-refractivity contribution in [2.75, 3.05) is 13.6 Å². The molecule has 0 bridgehead atoms. The minimum absolute atomic E-state index is 0.479. The normalized spacial score (nSPS) is 17.9. The number of fused-ring (bicyclic) bond motifs is 1. The number of likely N-dealkylation sites (N-methyl/N-ethyl adjacent to an activating group) is 1. The van der Waals surface area contributed by atoms with Crippen LogP contribution in [0.4, 0.5) is 0 Å². The molecule has 1 aliphatic carbocycles. The molecule has 3 rings (SSSR count). The number of aromatic nitrogens is 1. The average molecular weight is 270 g/mol. The van der Waals surface area contributed by atoms with E-state index in [2.05, 4.69) is 41.2 Å². The zero-order chi connectivity index (χ0) is 14.0. The molecule has 0 saturated heterocycles. The van der Waals surface area contributed by atoms with Gasteiger partial charge in [0, 0.05) is 24.7 Å². The molecule has 1 aromatic carbocycles. The first kappa shape index (κ1) is 13.5. The summed E-state index contributed by atoms with van der Waals surface area (Å²) < 4.78 is 0. The van der Waals surface area contributed by atoms with Crippen LogP contribution < -0.4 is 0 Å². The van der Waals surface area contributed by atoms with Crippen LogP contribution in [0.1, 0.15) is 31.2 Å². The fraction of sp³-hybridized carbons (Fsp3) is 0.471. The van der Waals surface area contributed by atoms with Crippen LogP contribution in [-0.4, -0.2) is 34.2 Å². The monoisotopic (exact) mass is 270 g/mol. The van der Waals surface area contributed by atoms with Gasteiger partial charge >= 0.3 is 0 Å². The second-order valence-electron chi connectivity index (χ2n) is 6.10. The third-order valence-electron chi connectivity index (χ3n) is 4.26. The molecule has 0 aliphatic heterocycles. The summed E-state index contributed by atoms with van der Waals surface area (Å²) in [5.74, 6) is 0. The molecular formula is C17H22N2O. The first-order valence-electron chi connectivity index (χ1n) is 7.40. The SMILES string of the molecule is CN(Cc1cccc2cccnc12)CC1(O)CCCC1. The minimum Gasteiger partial charge on any atom is -0.389 e. The summed E-state index contributed by atoms with van der Waals surface area (Å²) in [5, 5.41) is 11.7. The van der Waals surface area contributed by atoms with Crippen LogP contribution >= 0.6 is 0 Å². The van der Waals surface area contributed by atoms with Gasteiger partial charge in [-0.25, -0.2) is 0 Å². The van der Waals surface area contributed by atoms with Gasteiger partial charge in [0.2, 0.25) is 0 Å². The molecule has 1 heterocycles. The van der Waals surface area contributed by atoms with Gasteiger partial charge < -0.3 is 5.11 Å². The summed E-state index contributed by atoms with van der Waals surface area (Å²) >= 11 is 0. The lowest BCUT2D eigenvalue weighted by Crippen LogP contribution is -2.38. The summed E-state index contributed by atoms with van der Waals surface area (Å²) in [6.45, 7) is 1.58. The number of pyridine rings is 1. The van der Waals surface area contributed by atoms with E-state index in [0.717, 1.165) is 44.3 Å². The molecule has 3 nitrogen and oxygen atoms in total. The van der Waals surface area contributed by atoms with Gasteiger partial charge in [0.25, 0.3) is 0 Å². The van der Waals surface area contributed by atoms with Gasteiger partial charge in [-0.1, -0.05) is 37.1 Å². The van der Waals surface area contributed by atoms with Crippen molar-refractivity contribution >= 4 is 10.9 Å². The van der Waals surface area contributed by atoms with E-state index in [1.165, 1.54) is 10.9 Å². The first-order valence-corrected chi connectivity index (χ1v) is 7.40. The fourth-order valence-corrected chi connectivity index (χ4v) is 3.34. The Labute approximate surface area is 120 Å². The number of rotatable bonds is 4. The molecule has 0 amide bonds. The van der Waals surface area contributed by atoms with Gasteiger partial charge in [-0.15, -0.1) is 0 Å². The van der Waals surface area contributed by atoms with E-state index in [-0.39, 0.29) is 0 Å². The first-order chi connectivity index (χ1) is 9.66. The van der Waals surface area contributed by atoms with Crippen molar-refractivity contribution in [3.05, 3.63) is 42.1 Å². The van der Waals surface area contributed by atoms with Gasteiger partial charge in [0.05, 0.1) is 11.1 Å². The molecule has 0 unspecified atom stereocenters. The van der Waals surface area contributed by atoms with Crippen molar-refractivity contribution in [2.45, 2.75) is 37.8 Å². The lowest BCUT2D eigenvalue weighted by atomic mass is 10.0. The molecule has 0 atom stereocenters. The highest BCUT2D eigenvalue weighted by atomic mass is 16.3. The summed E-state index contributed by atoms with van der Waals surface area (Å²) in [4.78, 5) is 6.71. The van der Waals surface area contributed by atoms with Gasteiger partial charge in [0.15, 0.2) is 0 Å². The second kappa shape index (κ2) is 5.51. The highest BCUT2D eigenvalue weighted by molar-refractivity contribution is 5.81. The second-order valence-corrected chi connectivity index (χ2v) is 6.10. The molecule has 1 saturated carbocycles. The topological polar surface area (TPSA) is 36.4 Å². The van der Waals surface area contributed by atoms with Crippen LogP contribution in [0.5, 0.6) is 0 Å². The molecule has 2 aromatic rings. The zero-order valence-corrected chi connectivity index (χ0v) is 12.0. The van der Waals surface area contributed by atoms with Gasteiger partial charge in [0.1, 0.15) is 0 Å². The van der Waals surface area contributed by atoms with E-state index < -0.39 is 5.60 Å². The number of hydrogen-bond acceptors (Lipinski definition) is 3. The van der Waals surface area contributed by atoms with Gasteiger partial charge in [-0.3, -0.25) is 9.88 Å². The van der Waals surface area contributed by atoms with Crippen molar-refractivity contribution in [1.29, 1.82) is 0 Å². The number of benzene rings is 1. The van der Waals surface area contributed by atoms with E-state index in [0.29, 0.717) is 0 Å². The van der Waals surface area contributed by atoms with Crippen LogP contribution in [0.2, 0.25) is 0 Å². The highest BCUT2D eigenvalue weighted by Gasteiger charge is 2.32. The van der Waals surface area contributed by atoms with Crippen LogP contribution in [0.15, 0.2) is 36.5 Å². The Morgan fingerprint density at radius 1 is 1.20 bits per heavy atom. The predicted molar refractivity (Wildman–Crippen MR) is 81.5 cm³/mol. The van der Waals surface area contributed by atoms with Crippen molar-refractivity contribution in [3.8, 4) is 0 Å². The average Bonchev–Trinajstić information content (AvgIpc) is 2.85. The Balaban J connectivity index is 1.75. The Morgan fingerprint density at radius 2 is 1.95 bits per heavy atom. The minimum atomic E-state index is -0.479. The molecule has 1 N–H and O–H groups in total. The molecule has 3 heteroatoms. The molecule has 20 heavy (non-hydrogen) atoms. The number of nitrogens with zero attached hydrogens (tertiary/aromatic N) is 2. The smallest absolute Gasteiger partial charge is 0.0774 e. The number of para-hydroxylation sites is 1. The molecule has 0 spiro atoms. The molecule has 106 valence electrons. The summed E-state index contributed by atoms with van der Waals surface area (Å²) in [6.07, 6.45) is 6.02. The number of hydrogen-bond donors (Lipinski definition) is 1. The summed E-state index contributed by atoms with van der Waals surface area (Å²) in [5.41, 5.74) is 1.82. The largest absolute Gasteiger partial charge is 0.389 e. The van der Waals surface area contributed by atoms with E-state index in [1.54, 1.807) is 0 Å².